The highest BCUT2D eigenvalue weighted by Gasteiger charge is 2.35. The Balaban J connectivity index is 1.62. The van der Waals surface area contributed by atoms with Crippen molar-refractivity contribution in [2.45, 2.75) is 45.6 Å². The molecule has 7 heteroatoms. The molecule has 3 heterocycles. The number of piperidine rings is 1. The first-order chi connectivity index (χ1) is 13.0. The molecule has 1 aromatic heterocycles. The number of piperazine rings is 1. The first-order valence-corrected chi connectivity index (χ1v) is 11.0. The van der Waals surface area contributed by atoms with Crippen LogP contribution in [-0.2, 0) is 11.2 Å². The Kier molecular flexibility index (Phi) is 7.25. The van der Waals surface area contributed by atoms with Crippen LogP contribution in [0, 0.1) is 19.8 Å². The van der Waals surface area contributed by atoms with Crippen molar-refractivity contribution >= 4 is 17.2 Å². The third-order valence-corrected chi connectivity index (χ3v) is 7.17. The number of hydrogen-bond acceptors (Lipinski definition) is 6. The monoisotopic (exact) mass is 394 g/mol. The lowest BCUT2D eigenvalue weighted by atomic mass is 9.86. The average Bonchev–Trinajstić information content (AvgIpc) is 2.97. The summed E-state index contributed by atoms with van der Waals surface area (Å²) in [5.41, 5.74) is 0.995. The number of amides is 1. The van der Waals surface area contributed by atoms with Gasteiger partial charge in [0.05, 0.1) is 17.1 Å². The van der Waals surface area contributed by atoms with E-state index in [1.807, 2.05) is 13.8 Å². The molecule has 0 radical (unpaired) electrons. The summed E-state index contributed by atoms with van der Waals surface area (Å²) >= 11 is 1.64. The number of likely N-dealkylation sites (tertiary alicyclic amines) is 1. The molecule has 3 rings (SSSR count). The van der Waals surface area contributed by atoms with Gasteiger partial charge in [0.2, 0.25) is 5.91 Å². The van der Waals surface area contributed by atoms with Gasteiger partial charge in [-0.25, -0.2) is 4.98 Å². The van der Waals surface area contributed by atoms with E-state index in [0.29, 0.717) is 18.4 Å². The molecule has 2 saturated heterocycles. The Hall–Kier alpha value is -1.02. The van der Waals surface area contributed by atoms with Crippen molar-refractivity contribution in [1.29, 1.82) is 0 Å². The zero-order valence-electron chi connectivity index (χ0n) is 17.0. The summed E-state index contributed by atoms with van der Waals surface area (Å²) in [5, 5.41) is 10.4. The van der Waals surface area contributed by atoms with E-state index in [2.05, 4.69) is 26.7 Å². The summed E-state index contributed by atoms with van der Waals surface area (Å²) in [5.74, 6) is 0.690. The molecule has 2 aliphatic heterocycles. The van der Waals surface area contributed by atoms with Crippen molar-refractivity contribution in [3.05, 3.63) is 15.6 Å². The second-order valence-corrected chi connectivity index (χ2v) is 9.37. The summed E-state index contributed by atoms with van der Waals surface area (Å²) in [6.45, 7) is 10.4. The van der Waals surface area contributed by atoms with Crippen LogP contribution < -0.4 is 0 Å². The first-order valence-electron chi connectivity index (χ1n) is 10.2. The van der Waals surface area contributed by atoms with Crippen LogP contribution in [-0.4, -0.2) is 89.7 Å². The molecular weight excluding hydrogens is 360 g/mol. The van der Waals surface area contributed by atoms with Gasteiger partial charge in [-0.3, -0.25) is 9.69 Å². The zero-order chi connectivity index (χ0) is 19.4. The molecule has 0 saturated carbocycles. The van der Waals surface area contributed by atoms with Gasteiger partial charge in [-0.05, 0) is 46.1 Å². The molecule has 0 aromatic carbocycles. The van der Waals surface area contributed by atoms with Crippen molar-refractivity contribution in [1.82, 2.24) is 19.7 Å². The van der Waals surface area contributed by atoms with Gasteiger partial charge >= 0.3 is 0 Å². The highest BCUT2D eigenvalue weighted by molar-refractivity contribution is 7.11. The van der Waals surface area contributed by atoms with Gasteiger partial charge < -0.3 is 14.9 Å². The average molecular weight is 395 g/mol. The molecule has 0 spiro atoms. The van der Waals surface area contributed by atoms with E-state index < -0.39 is 0 Å². The Morgan fingerprint density at radius 2 is 1.96 bits per heavy atom. The number of nitrogens with zero attached hydrogens (tertiary/aromatic N) is 4. The molecule has 6 nitrogen and oxygen atoms in total. The van der Waals surface area contributed by atoms with Crippen LogP contribution in [0.15, 0.2) is 0 Å². The third-order valence-electron chi connectivity index (χ3n) is 6.10. The van der Waals surface area contributed by atoms with E-state index in [1.54, 1.807) is 11.3 Å². The van der Waals surface area contributed by atoms with Gasteiger partial charge in [0.1, 0.15) is 0 Å². The van der Waals surface area contributed by atoms with Gasteiger partial charge in [0, 0.05) is 56.8 Å². The third kappa shape index (κ3) is 5.28. The van der Waals surface area contributed by atoms with E-state index in [0.717, 1.165) is 74.1 Å². The number of hydrogen-bond donors (Lipinski definition) is 1. The van der Waals surface area contributed by atoms with Crippen LogP contribution in [0.2, 0.25) is 0 Å². The number of aryl methyl sites for hydroxylation is 2. The summed E-state index contributed by atoms with van der Waals surface area (Å²) in [4.78, 5) is 25.5. The quantitative estimate of drug-likeness (QED) is 0.793. The number of carbonyl (C=O) groups excluding carboxylic acids is 1. The fourth-order valence-electron chi connectivity index (χ4n) is 4.50. The summed E-state index contributed by atoms with van der Waals surface area (Å²) in [6, 6.07) is 0.543. The first kappa shape index (κ1) is 20.7. The summed E-state index contributed by atoms with van der Waals surface area (Å²) < 4.78 is 0. The zero-order valence-corrected chi connectivity index (χ0v) is 17.8. The Labute approximate surface area is 167 Å². The number of likely N-dealkylation sites (N-methyl/N-ethyl adjacent to an activating group) is 1. The molecule has 152 valence electrons. The van der Waals surface area contributed by atoms with Crippen molar-refractivity contribution in [3.63, 3.8) is 0 Å². The molecule has 1 amide bonds. The Morgan fingerprint density at radius 1 is 1.22 bits per heavy atom. The van der Waals surface area contributed by atoms with Crippen molar-refractivity contribution in [2.75, 3.05) is 52.9 Å². The number of aliphatic hydroxyl groups excluding tert-OH is 1. The molecule has 0 aliphatic carbocycles. The SMILES string of the molecule is Cc1nc(C)c(CC(=O)N2CC[C@@H](N3CCN(C)CC3)[C@@H](CCCO)C2)s1. The van der Waals surface area contributed by atoms with Crippen LogP contribution in [0.25, 0.3) is 0 Å². The maximum absolute atomic E-state index is 12.9. The van der Waals surface area contributed by atoms with Gasteiger partial charge in [-0.1, -0.05) is 0 Å². The van der Waals surface area contributed by atoms with E-state index >= 15 is 0 Å². The lowest BCUT2D eigenvalue weighted by molar-refractivity contribution is -0.133. The second-order valence-electron chi connectivity index (χ2n) is 8.08. The minimum atomic E-state index is 0.229. The minimum Gasteiger partial charge on any atom is -0.396 e. The van der Waals surface area contributed by atoms with Crippen LogP contribution in [0.5, 0.6) is 0 Å². The van der Waals surface area contributed by atoms with E-state index in [-0.39, 0.29) is 12.5 Å². The fraction of sp³-hybridized carbons (Fsp3) is 0.800. The molecule has 2 aliphatic rings. The molecule has 2 fully saturated rings. The molecule has 1 aromatic rings. The molecule has 1 N–H and O–H groups in total. The van der Waals surface area contributed by atoms with Crippen molar-refractivity contribution in [3.8, 4) is 0 Å². The standard InChI is InChI=1S/C20H34N4O2S/c1-15-19(27-16(2)21-15)13-20(26)24-7-6-18(17(14-24)5-4-12-25)23-10-8-22(3)9-11-23/h17-18,25H,4-14H2,1-3H3/t17-,18+/m0/s1. The molecule has 27 heavy (non-hydrogen) atoms. The topological polar surface area (TPSA) is 59.9 Å². The number of rotatable bonds is 6. The highest BCUT2D eigenvalue weighted by Crippen LogP contribution is 2.28. The molecule has 0 bridgehead atoms. The van der Waals surface area contributed by atoms with Crippen molar-refractivity contribution < 1.29 is 9.90 Å². The Bertz CT molecular complexity index is 627. The molecule has 2 atom stereocenters. The van der Waals surface area contributed by atoms with Crippen LogP contribution in [0.4, 0.5) is 0 Å². The van der Waals surface area contributed by atoms with Crippen LogP contribution in [0.3, 0.4) is 0 Å². The Morgan fingerprint density at radius 3 is 2.59 bits per heavy atom. The van der Waals surface area contributed by atoms with Gasteiger partial charge in [0.15, 0.2) is 0 Å². The number of carbonyl (C=O) groups is 1. The number of aliphatic hydroxyl groups is 1. The van der Waals surface area contributed by atoms with E-state index in [1.165, 1.54) is 0 Å². The number of thiazole rings is 1. The largest absolute Gasteiger partial charge is 0.396 e. The molecular formula is C20H34N4O2S. The van der Waals surface area contributed by atoms with Crippen LogP contribution in [0.1, 0.15) is 34.8 Å². The van der Waals surface area contributed by atoms with Crippen molar-refractivity contribution in [2.24, 2.45) is 5.92 Å². The molecule has 0 unspecified atom stereocenters. The highest BCUT2D eigenvalue weighted by atomic mass is 32.1. The van der Waals surface area contributed by atoms with E-state index in [4.69, 9.17) is 0 Å². The summed E-state index contributed by atoms with van der Waals surface area (Å²) in [6.07, 6.45) is 3.34. The predicted molar refractivity (Wildman–Crippen MR) is 109 cm³/mol. The number of aromatic nitrogens is 1. The lowest BCUT2D eigenvalue weighted by Crippen LogP contribution is -2.57. The van der Waals surface area contributed by atoms with Gasteiger partial charge in [0.25, 0.3) is 0 Å². The minimum absolute atomic E-state index is 0.229. The smallest absolute Gasteiger partial charge is 0.227 e. The maximum atomic E-state index is 12.9. The fourth-order valence-corrected chi connectivity index (χ4v) is 5.43. The normalized spacial score (nSPS) is 25.1. The van der Waals surface area contributed by atoms with Gasteiger partial charge in [-0.2, -0.15) is 0 Å². The maximum Gasteiger partial charge on any atom is 0.227 e. The van der Waals surface area contributed by atoms with Gasteiger partial charge in [-0.15, -0.1) is 11.3 Å². The summed E-state index contributed by atoms with van der Waals surface area (Å²) in [7, 11) is 2.19. The van der Waals surface area contributed by atoms with Crippen LogP contribution >= 0.6 is 11.3 Å². The lowest BCUT2D eigenvalue weighted by Gasteiger charge is -2.46. The second kappa shape index (κ2) is 9.45. The predicted octanol–water partition coefficient (Wildman–Crippen LogP) is 1.54. The van der Waals surface area contributed by atoms with E-state index in [9.17, 15) is 9.90 Å².